The zero-order chi connectivity index (χ0) is 13.0. The van der Waals surface area contributed by atoms with Crippen LogP contribution in [0.5, 0.6) is 5.75 Å². The molecule has 1 heterocycles. The van der Waals surface area contributed by atoms with Crippen molar-refractivity contribution >= 4 is 15.9 Å². The van der Waals surface area contributed by atoms with E-state index in [0.717, 1.165) is 36.5 Å². The van der Waals surface area contributed by atoms with Crippen LogP contribution < -0.4 is 9.64 Å². The molecule has 0 amide bonds. The van der Waals surface area contributed by atoms with Crippen LogP contribution >= 0.6 is 15.9 Å². The Labute approximate surface area is 117 Å². The zero-order valence-electron chi connectivity index (χ0n) is 11.0. The summed E-state index contributed by atoms with van der Waals surface area (Å²) >= 11 is 3.49. The SMILES string of the molecule is C[C@@H]1C[NH+](CCOc2ccccc2Br)C[C@@H](C)O1. The van der Waals surface area contributed by atoms with Crippen molar-refractivity contribution < 1.29 is 14.4 Å². The Kier molecular flexibility index (Phi) is 5.03. The normalized spacial score (nSPS) is 28.1. The Morgan fingerprint density at radius 1 is 1.28 bits per heavy atom. The molecule has 1 aromatic rings. The molecule has 4 heteroatoms. The van der Waals surface area contributed by atoms with Crippen molar-refractivity contribution in [3.05, 3.63) is 28.7 Å². The van der Waals surface area contributed by atoms with Gasteiger partial charge in [-0.25, -0.2) is 0 Å². The van der Waals surface area contributed by atoms with Crippen LogP contribution in [0, 0.1) is 0 Å². The largest absolute Gasteiger partial charge is 0.487 e. The van der Waals surface area contributed by atoms with E-state index < -0.39 is 0 Å². The molecule has 3 nitrogen and oxygen atoms in total. The highest BCUT2D eigenvalue weighted by Gasteiger charge is 2.25. The first-order chi connectivity index (χ1) is 8.65. The minimum atomic E-state index is 0.354. The summed E-state index contributed by atoms with van der Waals surface area (Å²) in [4.78, 5) is 1.56. The standard InChI is InChI=1S/C14H20BrNO2/c1-11-9-16(10-12(2)18-11)7-8-17-14-6-4-3-5-13(14)15/h3-6,11-12H,7-10H2,1-2H3/p+1/t11-,12-/m1/s1. The molecule has 2 atom stereocenters. The predicted molar refractivity (Wildman–Crippen MR) is 75.2 cm³/mol. The third-order valence-corrected chi connectivity index (χ3v) is 3.82. The molecule has 1 saturated heterocycles. The predicted octanol–water partition coefficient (Wildman–Crippen LogP) is 1.52. The molecule has 0 bridgehead atoms. The number of halogens is 1. The Morgan fingerprint density at radius 3 is 2.61 bits per heavy atom. The molecule has 0 spiro atoms. The Bertz CT molecular complexity index is 376. The number of nitrogens with one attached hydrogen (secondary N) is 1. The van der Waals surface area contributed by atoms with E-state index in [2.05, 4.69) is 29.8 Å². The summed E-state index contributed by atoms with van der Waals surface area (Å²) in [6.45, 7) is 8.21. The van der Waals surface area contributed by atoms with Gasteiger partial charge in [-0.2, -0.15) is 0 Å². The Balaban J connectivity index is 1.77. The molecule has 1 aliphatic heterocycles. The van der Waals surface area contributed by atoms with Gasteiger partial charge in [0.2, 0.25) is 0 Å². The number of quaternary nitrogens is 1. The van der Waals surface area contributed by atoms with Gasteiger partial charge in [-0.3, -0.25) is 0 Å². The summed E-state index contributed by atoms with van der Waals surface area (Å²) in [6, 6.07) is 7.98. The van der Waals surface area contributed by atoms with Crippen LogP contribution in [0.4, 0.5) is 0 Å². The van der Waals surface area contributed by atoms with Crippen molar-refractivity contribution in [2.24, 2.45) is 0 Å². The zero-order valence-corrected chi connectivity index (χ0v) is 12.6. The van der Waals surface area contributed by atoms with E-state index in [1.165, 1.54) is 0 Å². The molecule has 1 N–H and O–H groups in total. The van der Waals surface area contributed by atoms with E-state index in [9.17, 15) is 0 Å². The lowest BCUT2D eigenvalue weighted by Gasteiger charge is -2.32. The van der Waals surface area contributed by atoms with E-state index >= 15 is 0 Å². The fourth-order valence-electron chi connectivity index (χ4n) is 2.46. The molecule has 0 radical (unpaired) electrons. The van der Waals surface area contributed by atoms with Gasteiger partial charge in [0.1, 0.15) is 44.2 Å². The number of rotatable bonds is 4. The summed E-state index contributed by atoms with van der Waals surface area (Å²) in [5, 5.41) is 0. The summed E-state index contributed by atoms with van der Waals surface area (Å²) in [7, 11) is 0. The first-order valence-electron chi connectivity index (χ1n) is 6.51. The van der Waals surface area contributed by atoms with Crippen LogP contribution in [0.15, 0.2) is 28.7 Å². The Hall–Kier alpha value is -0.580. The maximum atomic E-state index is 5.80. The van der Waals surface area contributed by atoms with Gasteiger partial charge in [0.05, 0.1) is 4.47 Å². The molecule has 1 aromatic carbocycles. The second-order valence-electron chi connectivity index (χ2n) is 4.94. The number of morpholine rings is 1. The highest BCUT2D eigenvalue weighted by Crippen LogP contribution is 2.23. The van der Waals surface area contributed by atoms with E-state index in [1.807, 2.05) is 24.3 Å². The van der Waals surface area contributed by atoms with Crippen molar-refractivity contribution in [2.75, 3.05) is 26.2 Å². The number of benzene rings is 1. The summed E-state index contributed by atoms with van der Waals surface area (Å²) in [6.07, 6.45) is 0.708. The van der Waals surface area contributed by atoms with Crippen molar-refractivity contribution in [3.8, 4) is 5.75 Å². The van der Waals surface area contributed by atoms with Gasteiger partial charge in [-0.1, -0.05) is 12.1 Å². The molecule has 0 aliphatic carbocycles. The molecule has 18 heavy (non-hydrogen) atoms. The van der Waals surface area contributed by atoms with Crippen LogP contribution in [0.25, 0.3) is 0 Å². The lowest BCUT2D eigenvalue weighted by molar-refractivity contribution is -0.915. The van der Waals surface area contributed by atoms with Crippen molar-refractivity contribution in [1.29, 1.82) is 0 Å². The second-order valence-corrected chi connectivity index (χ2v) is 5.80. The van der Waals surface area contributed by atoms with Gasteiger partial charge in [-0.15, -0.1) is 0 Å². The van der Waals surface area contributed by atoms with E-state index in [4.69, 9.17) is 9.47 Å². The summed E-state index contributed by atoms with van der Waals surface area (Å²) in [5.74, 6) is 0.922. The quantitative estimate of drug-likeness (QED) is 0.910. The summed E-state index contributed by atoms with van der Waals surface area (Å²) < 4.78 is 12.5. The lowest BCUT2D eigenvalue weighted by Crippen LogP contribution is -3.16. The molecule has 100 valence electrons. The first-order valence-corrected chi connectivity index (χ1v) is 7.31. The molecule has 0 aromatic heterocycles. The maximum Gasteiger partial charge on any atom is 0.137 e. The molecule has 1 fully saturated rings. The fourth-order valence-corrected chi connectivity index (χ4v) is 2.86. The monoisotopic (exact) mass is 314 g/mol. The average Bonchev–Trinajstić information content (AvgIpc) is 2.30. The highest BCUT2D eigenvalue weighted by molar-refractivity contribution is 9.10. The summed E-state index contributed by atoms with van der Waals surface area (Å²) in [5.41, 5.74) is 0. The van der Waals surface area contributed by atoms with E-state index in [-0.39, 0.29) is 0 Å². The molecule has 1 aliphatic rings. The van der Waals surface area contributed by atoms with Gasteiger partial charge in [0.15, 0.2) is 0 Å². The third kappa shape index (κ3) is 3.97. The lowest BCUT2D eigenvalue weighted by atomic mass is 10.2. The van der Waals surface area contributed by atoms with Crippen LogP contribution in [0.2, 0.25) is 0 Å². The van der Waals surface area contributed by atoms with Gasteiger partial charge in [0.25, 0.3) is 0 Å². The van der Waals surface area contributed by atoms with Crippen LogP contribution in [0.3, 0.4) is 0 Å². The van der Waals surface area contributed by atoms with Crippen LogP contribution in [-0.4, -0.2) is 38.4 Å². The Morgan fingerprint density at radius 2 is 1.94 bits per heavy atom. The first kappa shape index (κ1) is 13.8. The van der Waals surface area contributed by atoms with Gasteiger partial charge >= 0.3 is 0 Å². The van der Waals surface area contributed by atoms with Crippen molar-refractivity contribution in [3.63, 3.8) is 0 Å². The smallest absolute Gasteiger partial charge is 0.137 e. The second kappa shape index (κ2) is 6.55. The van der Waals surface area contributed by atoms with Crippen molar-refractivity contribution in [2.45, 2.75) is 26.1 Å². The molecule has 0 saturated carbocycles. The third-order valence-electron chi connectivity index (χ3n) is 3.17. The van der Waals surface area contributed by atoms with E-state index in [0.29, 0.717) is 12.2 Å². The maximum absolute atomic E-state index is 5.80. The number of para-hydroxylation sites is 1. The molecule has 2 rings (SSSR count). The minimum absolute atomic E-state index is 0.354. The van der Waals surface area contributed by atoms with Gasteiger partial charge < -0.3 is 14.4 Å². The molecular formula is C14H21BrNO2+. The number of hydrogen-bond acceptors (Lipinski definition) is 2. The fraction of sp³-hybridized carbons (Fsp3) is 0.571. The van der Waals surface area contributed by atoms with Crippen LogP contribution in [-0.2, 0) is 4.74 Å². The molecule has 0 unspecified atom stereocenters. The van der Waals surface area contributed by atoms with E-state index in [1.54, 1.807) is 4.90 Å². The molecular weight excluding hydrogens is 294 g/mol. The number of ether oxygens (including phenoxy) is 2. The van der Waals surface area contributed by atoms with Crippen LogP contribution in [0.1, 0.15) is 13.8 Å². The van der Waals surface area contributed by atoms with Gasteiger partial charge in [0, 0.05) is 0 Å². The van der Waals surface area contributed by atoms with Gasteiger partial charge in [-0.05, 0) is 41.9 Å². The highest BCUT2D eigenvalue weighted by atomic mass is 79.9. The average molecular weight is 315 g/mol. The minimum Gasteiger partial charge on any atom is -0.487 e. The van der Waals surface area contributed by atoms with Crippen molar-refractivity contribution in [1.82, 2.24) is 0 Å². The topological polar surface area (TPSA) is 22.9 Å². The number of hydrogen-bond donors (Lipinski definition) is 1.